The second kappa shape index (κ2) is 10.8. The molecule has 2 aromatic rings. The van der Waals surface area contributed by atoms with E-state index in [4.69, 9.17) is 0 Å². The van der Waals surface area contributed by atoms with Crippen molar-refractivity contribution in [2.24, 2.45) is 5.92 Å². The van der Waals surface area contributed by atoms with Crippen LogP contribution in [0, 0.1) is 19.8 Å². The molecule has 0 unspecified atom stereocenters. The number of sulfonamides is 1. The Hall–Kier alpha value is -2.87. The smallest absolute Gasteiger partial charge is 0.261 e. The van der Waals surface area contributed by atoms with Gasteiger partial charge in [0.1, 0.15) is 0 Å². The minimum atomic E-state index is -3.78. The predicted molar refractivity (Wildman–Crippen MR) is 130 cm³/mol. The Morgan fingerprint density at radius 1 is 1.09 bits per heavy atom. The van der Waals surface area contributed by atoms with E-state index in [0.29, 0.717) is 30.9 Å². The number of carbonyl (C=O) groups is 2. The number of rotatable bonds is 8. The zero-order chi connectivity index (χ0) is 24.0. The molecule has 0 saturated carbocycles. The average Bonchev–Trinajstić information content (AvgIpc) is 2.80. The second-order valence-corrected chi connectivity index (χ2v) is 10.3. The molecule has 0 radical (unpaired) electrons. The summed E-state index contributed by atoms with van der Waals surface area (Å²) >= 11 is 0. The van der Waals surface area contributed by atoms with Crippen LogP contribution < -0.4 is 10.0 Å². The first kappa shape index (κ1) is 24.8. The van der Waals surface area contributed by atoms with E-state index < -0.39 is 10.0 Å². The lowest BCUT2D eigenvalue weighted by molar-refractivity contribution is -0.126. The van der Waals surface area contributed by atoms with Crippen LogP contribution in [0.1, 0.15) is 54.1 Å². The topological polar surface area (TPSA) is 95.6 Å². The van der Waals surface area contributed by atoms with Gasteiger partial charge in [-0.2, -0.15) is 0 Å². The van der Waals surface area contributed by atoms with E-state index in [9.17, 15) is 18.0 Å². The highest BCUT2D eigenvalue weighted by atomic mass is 32.2. The summed E-state index contributed by atoms with van der Waals surface area (Å²) in [5.74, 6) is -0.421. The molecule has 1 atom stereocenters. The molecule has 2 aromatic carbocycles. The van der Waals surface area contributed by atoms with Gasteiger partial charge in [0, 0.05) is 30.9 Å². The second-order valence-electron chi connectivity index (χ2n) is 8.67. The zero-order valence-corrected chi connectivity index (χ0v) is 20.4. The highest BCUT2D eigenvalue weighted by molar-refractivity contribution is 7.92. The highest BCUT2D eigenvalue weighted by Crippen LogP contribution is 2.22. The Morgan fingerprint density at radius 2 is 1.88 bits per heavy atom. The summed E-state index contributed by atoms with van der Waals surface area (Å²) in [6.07, 6.45) is 3.47. The standard InChI is InChI=1S/C25H33N3O4S/c1-4-5-13-26-24(29)21-9-7-14-28(17-21)25(30)20-8-6-10-22(16-20)27-33(31,32)23-12-11-18(2)19(3)15-23/h6,8,10-12,15-16,21,27H,4-5,7,9,13-14,17H2,1-3H3,(H,26,29)/t21-/m1/s1. The summed E-state index contributed by atoms with van der Waals surface area (Å²) in [5, 5.41) is 2.96. The number of carbonyl (C=O) groups excluding carboxylic acids is 2. The molecule has 0 aliphatic carbocycles. The van der Waals surface area contributed by atoms with E-state index in [-0.39, 0.29) is 22.6 Å². The first-order chi connectivity index (χ1) is 15.7. The van der Waals surface area contributed by atoms with E-state index >= 15 is 0 Å². The maximum absolute atomic E-state index is 13.1. The van der Waals surface area contributed by atoms with Gasteiger partial charge >= 0.3 is 0 Å². The van der Waals surface area contributed by atoms with E-state index in [1.54, 1.807) is 47.4 Å². The Kier molecular flexibility index (Phi) is 8.13. The lowest BCUT2D eigenvalue weighted by atomic mass is 9.96. The quantitative estimate of drug-likeness (QED) is 0.571. The lowest BCUT2D eigenvalue weighted by Gasteiger charge is -2.32. The maximum atomic E-state index is 13.1. The third-order valence-electron chi connectivity index (χ3n) is 6.06. The molecule has 2 amide bonds. The summed E-state index contributed by atoms with van der Waals surface area (Å²) in [6, 6.07) is 11.5. The first-order valence-electron chi connectivity index (χ1n) is 11.5. The molecule has 0 aromatic heterocycles. The van der Waals surface area contributed by atoms with Gasteiger partial charge in [-0.3, -0.25) is 14.3 Å². The summed E-state index contributed by atoms with van der Waals surface area (Å²) < 4.78 is 28.2. The van der Waals surface area contributed by atoms with E-state index in [2.05, 4.69) is 17.0 Å². The van der Waals surface area contributed by atoms with Crippen LogP contribution >= 0.6 is 0 Å². The Balaban J connectivity index is 1.70. The number of hydrogen-bond acceptors (Lipinski definition) is 4. The molecule has 1 fully saturated rings. The summed E-state index contributed by atoms with van der Waals surface area (Å²) in [7, 11) is -3.78. The number of nitrogens with one attached hydrogen (secondary N) is 2. The summed E-state index contributed by atoms with van der Waals surface area (Å²) in [5.41, 5.74) is 2.62. The number of hydrogen-bond donors (Lipinski definition) is 2. The molecule has 0 bridgehead atoms. The monoisotopic (exact) mass is 471 g/mol. The minimum absolute atomic E-state index is 0.00384. The molecule has 1 aliphatic rings. The van der Waals surface area contributed by atoms with Gasteiger partial charge in [0.25, 0.3) is 15.9 Å². The van der Waals surface area contributed by atoms with Gasteiger partial charge in [-0.15, -0.1) is 0 Å². The Labute approximate surface area is 196 Å². The van der Waals surface area contributed by atoms with Gasteiger partial charge in [-0.25, -0.2) is 8.42 Å². The Morgan fingerprint density at radius 3 is 2.61 bits per heavy atom. The van der Waals surface area contributed by atoms with E-state index in [1.807, 2.05) is 13.8 Å². The van der Waals surface area contributed by atoms with Crippen molar-refractivity contribution in [2.45, 2.75) is 51.3 Å². The van der Waals surface area contributed by atoms with Gasteiger partial charge in [0.2, 0.25) is 5.91 Å². The minimum Gasteiger partial charge on any atom is -0.356 e. The molecule has 33 heavy (non-hydrogen) atoms. The molecule has 1 saturated heterocycles. The van der Waals surface area contributed by atoms with Crippen molar-refractivity contribution in [1.82, 2.24) is 10.2 Å². The molecular formula is C25H33N3O4S. The van der Waals surface area contributed by atoms with Crippen LogP contribution in [-0.4, -0.2) is 44.8 Å². The molecule has 0 spiro atoms. The van der Waals surface area contributed by atoms with Gasteiger partial charge in [-0.05, 0) is 74.6 Å². The molecule has 8 heteroatoms. The molecule has 1 aliphatic heterocycles. The van der Waals surface area contributed by atoms with Crippen LogP contribution in [-0.2, 0) is 14.8 Å². The largest absolute Gasteiger partial charge is 0.356 e. The van der Waals surface area contributed by atoms with Gasteiger partial charge < -0.3 is 10.2 Å². The molecule has 2 N–H and O–H groups in total. The van der Waals surface area contributed by atoms with Crippen LogP contribution in [0.3, 0.4) is 0 Å². The average molecular weight is 472 g/mol. The normalized spacial score (nSPS) is 16.3. The molecule has 178 valence electrons. The Bertz CT molecular complexity index is 1110. The van der Waals surface area contributed by atoms with Crippen LogP contribution in [0.25, 0.3) is 0 Å². The van der Waals surface area contributed by atoms with Crippen LogP contribution in [0.15, 0.2) is 47.4 Å². The van der Waals surface area contributed by atoms with E-state index in [1.165, 1.54) is 0 Å². The summed E-state index contributed by atoms with van der Waals surface area (Å²) in [4.78, 5) is 27.4. The SMILES string of the molecule is CCCCNC(=O)[C@@H]1CCCN(C(=O)c2cccc(NS(=O)(=O)c3ccc(C)c(C)c3)c2)C1. The predicted octanol–water partition coefficient (Wildman–Crippen LogP) is 3.87. The van der Waals surface area contributed by atoms with Crippen molar-refractivity contribution < 1.29 is 18.0 Å². The third kappa shape index (κ3) is 6.35. The van der Waals surface area contributed by atoms with E-state index in [0.717, 1.165) is 36.8 Å². The zero-order valence-electron chi connectivity index (χ0n) is 19.6. The van der Waals surface area contributed by atoms with Crippen molar-refractivity contribution in [3.8, 4) is 0 Å². The van der Waals surface area contributed by atoms with Crippen LogP contribution in [0.4, 0.5) is 5.69 Å². The number of benzene rings is 2. The van der Waals surface area contributed by atoms with Crippen LogP contribution in [0.5, 0.6) is 0 Å². The number of amides is 2. The number of piperidine rings is 1. The fourth-order valence-electron chi connectivity index (χ4n) is 3.90. The maximum Gasteiger partial charge on any atom is 0.261 e. The van der Waals surface area contributed by atoms with Crippen molar-refractivity contribution in [2.75, 3.05) is 24.4 Å². The number of anilines is 1. The molecule has 1 heterocycles. The number of likely N-dealkylation sites (tertiary alicyclic amines) is 1. The van der Waals surface area contributed by atoms with Gasteiger partial charge in [-0.1, -0.05) is 25.5 Å². The fraction of sp³-hybridized carbons (Fsp3) is 0.440. The van der Waals surface area contributed by atoms with Crippen molar-refractivity contribution in [1.29, 1.82) is 0 Å². The van der Waals surface area contributed by atoms with Crippen molar-refractivity contribution in [3.05, 3.63) is 59.2 Å². The molecule has 7 nitrogen and oxygen atoms in total. The molecular weight excluding hydrogens is 438 g/mol. The summed E-state index contributed by atoms with van der Waals surface area (Å²) in [6.45, 7) is 7.47. The number of unbranched alkanes of at least 4 members (excludes halogenated alkanes) is 1. The highest BCUT2D eigenvalue weighted by Gasteiger charge is 2.29. The van der Waals surface area contributed by atoms with Gasteiger partial charge in [0.15, 0.2) is 0 Å². The fourth-order valence-corrected chi connectivity index (χ4v) is 5.04. The van der Waals surface area contributed by atoms with Crippen molar-refractivity contribution >= 4 is 27.5 Å². The lowest BCUT2D eigenvalue weighted by Crippen LogP contribution is -2.45. The van der Waals surface area contributed by atoms with Crippen molar-refractivity contribution in [3.63, 3.8) is 0 Å². The van der Waals surface area contributed by atoms with Gasteiger partial charge in [0.05, 0.1) is 10.8 Å². The molecule has 3 rings (SSSR count). The third-order valence-corrected chi connectivity index (χ3v) is 7.44. The van der Waals surface area contributed by atoms with Crippen LogP contribution in [0.2, 0.25) is 0 Å². The number of nitrogens with zero attached hydrogens (tertiary/aromatic N) is 1. The first-order valence-corrected chi connectivity index (χ1v) is 13.0. The number of aryl methyl sites for hydroxylation is 2.